The van der Waals surface area contributed by atoms with E-state index in [1.165, 1.54) is 33.7 Å². The molecule has 3 saturated heterocycles. The fourth-order valence-electron chi connectivity index (χ4n) is 7.72. The van der Waals surface area contributed by atoms with Gasteiger partial charge in [-0.05, 0) is 77.1 Å². The zero-order chi connectivity index (χ0) is 30.7. The average molecular weight is 615 g/mol. The number of amides is 1. The number of nitrogens with zero attached hydrogens (tertiary/aromatic N) is 3. The van der Waals surface area contributed by atoms with Gasteiger partial charge in [-0.1, -0.05) is 17.2 Å². The number of fused-ring (bicyclic) bond motifs is 3. The van der Waals surface area contributed by atoms with E-state index in [4.69, 9.17) is 0 Å². The highest BCUT2D eigenvalue weighted by Crippen LogP contribution is 2.44. The summed E-state index contributed by atoms with van der Waals surface area (Å²) < 4.78 is 0. The highest BCUT2D eigenvalue weighted by molar-refractivity contribution is 7.19. The fourth-order valence-corrected chi connectivity index (χ4v) is 8.90. The van der Waals surface area contributed by atoms with Crippen LogP contribution in [-0.4, -0.2) is 73.8 Å². The van der Waals surface area contributed by atoms with E-state index in [9.17, 15) is 14.4 Å². The van der Waals surface area contributed by atoms with Crippen molar-refractivity contribution in [3.05, 3.63) is 78.4 Å². The summed E-state index contributed by atoms with van der Waals surface area (Å²) in [7, 11) is 0. The Labute approximate surface area is 261 Å². The lowest BCUT2D eigenvalue weighted by atomic mass is 9.88. The zero-order valence-corrected chi connectivity index (χ0v) is 26.9. The number of aromatic amines is 3. The molecule has 3 fully saturated rings. The molecule has 3 aliphatic heterocycles. The van der Waals surface area contributed by atoms with Gasteiger partial charge in [0.2, 0.25) is 5.91 Å². The zero-order valence-electron chi connectivity index (χ0n) is 26.1. The molecule has 1 aromatic carbocycles. The van der Waals surface area contributed by atoms with Crippen molar-refractivity contribution in [2.24, 2.45) is 0 Å². The number of thiophene rings is 1. The number of hydrogen-bond acceptors (Lipinski definition) is 6. The number of hydrogen-bond donors (Lipinski definition) is 3. The molecule has 3 aromatic heterocycles. The Morgan fingerprint density at radius 3 is 2.07 bits per heavy atom. The molecule has 3 aliphatic rings. The van der Waals surface area contributed by atoms with Gasteiger partial charge in [-0.3, -0.25) is 24.4 Å². The molecule has 7 rings (SSSR count). The van der Waals surface area contributed by atoms with E-state index in [0.29, 0.717) is 24.3 Å². The average Bonchev–Trinajstić information content (AvgIpc) is 3.74. The maximum absolute atomic E-state index is 14.0. The van der Waals surface area contributed by atoms with E-state index in [2.05, 4.69) is 81.6 Å². The van der Waals surface area contributed by atoms with Gasteiger partial charge in [-0.15, -0.1) is 11.3 Å². The Morgan fingerprint density at radius 1 is 0.841 bits per heavy atom. The van der Waals surface area contributed by atoms with E-state index in [0.717, 1.165) is 73.8 Å². The number of rotatable bonds is 7. The number of nitrogens with one attached hydrogen (secondary N) is 3. The number of H-pyrrole nitrogens is 3. The molecule has 44 heavy (non-hydrogen) atoms. The maximum Gasteiger partial charge on any atom is 0.325 e. The highest BCUT2D eigenvalue weighted by Gasteiger charge is 2.47. The maximum atomic E-state index is 14.0. The van der Waals surface area contributed by atoms with Crippen molar-refractivity contribution in [1.29, 1.82) is 0 Å². The number of carbonyl (C=O) groups excluding carboxylic acids is 1. The molecule has 232 valence electrons. The first kappa shape index (κ1) is 29.3. The third-order valence-corrected chi connectivity index (χ3v) is 11.4. The van der Waals surface area contributed by atoms with Crippen molar-refractivity contribution in [2.75, 3.05) is 26.2 Å². The minimum absolute atomic E-state index is 0.278. The van der Waals surface area contributed by atoms with Crippen molar-refractivity contribution in [3.8, 4) is 11.3 Å². The molecule has 10 heteroatoms. The first-order valence-corrected chi connectivity index (χ1v) is 16.7. The van der Waals surface area contributed by atoms with Crippen molar-refractivity contribution in [3.63, 3.8) is 0 Å². The van der Waals surface area contributed by atoms with Gasteiger partial charge in [0.1, 0.15) is 4.83 Å². The largest absolute Gasteiger partial charge is 0.346 e. The van der Waals surface area contributed by atoms with Crippen molar-refractivity contribution < 1.29 is 4.79 Å². The van der Waals surface area contributed by atoms with Crippen LogP contribution in [0.5, 0.6) is 0 Å². The molecule has 0 saturated carbocycles. The standard InChI is InChI=1S/C34H42N6O3S/c1-20-13-21(2)15-22(14-20)30-27(19-39-11-9-38(10-12-39)18-23-16-29(41)36-33(43)35-23)26-17-28(44-31(26)37-30)34(3,4)32(42)40-24-5-6-25(40)8-7-24/h13-17,24-25,37H,5-12,18-19H2,1-4H3,(H2,35,36,41,43). The number of benzene rings is 1. The first-order chi connectivity index (χ1) is 21.0. The lowest BCUT2D eigenvalue weighted by Crippen LogP contribution is -2.45. The molecule has 9 nitrogen and oxygen atoms in total. The summed E-state index contributed by atoms with van der Waals surface area (Å²) in [4.78, 5) is 55.5. The van der Waals surface area contributed by atoms with Gasteiger partial charge in [-0.25, -0.2) is 4.79 Å². The second kappa shape index (κ2) is 11.2. The minimum Gasteiger partial charge on any atom is -0.346 e. The summed E-state index contributed by atoms with van der Waals surface area (Å²) >= 11 is 1.73. The number of aromatic nitrogens is 3. The van der Waals surface area contributed by atoms with Crippen LogP contribution in [0.1, 0.15) is 66.8 Å². The van der Waals surface area contributed by atoms with E-state index < -0.39 is 11.1 Å². The molecule has 0 radical (unpaired) electrons. The van der Waals surface area contributed by atoms with Crippen LogP contribution in [0, 0.1) is 13.8 Å². The van der Waals surface area contributed by atoms with Crippen LogP contribution in [0.4, 0.5) is 0 Å². The Kier molecular flexibility index (Phi) is 7.42. The van der Waals surface area contributed by atoms with E-state index in [1.807, 2.05) is 0 Å². The molecular weight excluding hydrogens is 572 g/mol. The van der Waals surface area contributed by atoms with E-state index in [1.54, 1.807) is 11.3 Å². The van der Waals surface area contributed by atoms with Crippen molar-refractivity contribution in [2.45, 2.75) is 84.0 Å². The minimum atomic E-state index is -0.571. The predicted octanol–water partition coefficient (Wildman–Crippen LogP) is 4.64. The summed E-state index contributed by atoms with van der Waals surface area (Å²) in [6, 6.07) is 11.3. The molecule has 2 bridgehead atoms. The third kappa shape index (κ3) is 5.37. The lowest BCUT2D eigenvalue weighted by molar-refractivity contribution is -0.137. The van der Waals surface area contributed by atoms with Crippen molar-refractivity contribution in [1.82, 2.24) is 29.7 Å². The van der Waals surface area contributed by atoms with Gasteiger partial charge in [0.05, 0.1) is 11.1 Å². The molecular formula is C34H42N6O3S. The summed E-state index contributed by atoms with van der Waals surface area (Å²) in [6.45, 7) is 13.3. The van der Waals surface area contributed by atoms with Gasteiger partial charge in [0.25, 0.3) is 5.56 Å². The predicted molar refractivity (Wildman–Crippen MR) is 175 cm³/mol. The Hall–Kier alpha value is -3.47. The molecule has 0 aliphatic carbocycles. The highest BCUT2D eigenvalue weighted by atomic mass is 32.1. The van der Waals surface area contributed by atoms with Crippen LogP contribution in [-0.2, 0) is 23.3 Å². The molecule has 0 atom stereocenters. The first-order valence-electron chi connectivity index (χ1n) is 15.9. The Balaban J connectivity index is 1.16. The third-order valence-electron chi connectivity index (χ3n) is 10.0. The number of carbonyl (C=O) groups is 1. The van der Waals surface area contributed by atoms with Gasteiger partial charge < -0.3 is 14.9 Å². The Morgan fingerprint density at radius 2 is 1.45 bits per heavy atom. The van der Waals surface area contributed by atoms with E-state index >= 15 is 0 Å². The van der Waals surface area contributed by atoms with Crippen LogP contribution >= 0.6 is 11.3 Å². The van der Waals surface area contributed by atoms with E-state index in [-0.39, 0.29) is 11.5 Å². The van der Waals surface area contributed by atoms with Crippen LogP contribution in [0.25, 0.3) is 21.5 Å². The topological polar surface area (TPSA) is 108 Å². The molecule has 4 aromatic rings. The number of piperazine rings is 1. The van der Waals surface area contributed by atoms with Gasteiger partial charge in [0.15, 0.2) is 0 Å². The normalized spacial score (nSPS) is 21.1. The summed E-state index contributed by atoms with van der Waals surface area (Å²) in [5.41, 5.74) is 5.36. The van der Waals surface area contributed by atoms with Crippen LogP contribution in [0.15, 0.2) is 39.9 Å². The number of aryl methyl sites for hydroxylation is 2. The lowest BCUT2D eigenvalue weighted by Gasteiger charge is -2.34. The summed E-state index contributed by atoms with van der Waals surface area (Å²) in [5.74, 6) is 0.278. The summed E-state index contributed by atoms with van der Waals surface area (Å²) in [6.07, 6.45) is 4.60. The molecule has 0 unspecified atom stereocenters. The Bertz CT molecular complexity index is 1770. The van der Waals surface area contributed by atoms with Crippen LogP contribution in [0.2, 0.25) is 0 Å². The van der Waals surface area contributed by atoms with Gasteiger partial charge in [0, 0.05) is 78.9 Å². The van der Waals surface area contributed by atoms with Crippen LogP contribution < -0.4 is 11.2 Å². The smallest absolute Gasteiger partial charge is 0.325 e. The second-order valence-electron chi connectivity index (χ2n) is 13.7. The quantitative estimate of drug-likeness (QED) is 0.281. The second-order valence-corrected chi connectivity index (χ2v) is 14.7. The summed E-state index contributed by atoms with van der Waals surface area (Å²) in [5, 5.41) is 1.22. The van der Waals surface area contributed by atoms with Crippen LogP contribution in [0.3, 0.4) is 0 Å². The monoisotopic (exact) mass is 614 g/mol. The fraction of sp³-hybridized carbons (Fsp3) is 0.500. The molecule has 3 N–H and O–H groups in total. The van der Waals surface area contributed by atoms with Gasteiger partial charge >= 0.3 is 5.69 Å². The van der Waals surface area contributed by atoms with Crippen molar-refractivity contribution >= 4 is 27.5 Å². The SMILES string of the molecule is Cc1cc(C)cc(-c2[nH]c3sc(C(C)(C)C(=O)N4C5CCC4CC5)cc3c2CN2CCN(Cc3cc(=O)[nH]c(=O)[nH]3)CC2)c1. The molecule has 6 heterocycles. The molecule has 0 spiro atoms. The molecule has 1 amide bonds. The van der Waals surface area contributed by atoms with Gasteiger partial charge in [-0.2, -0.15) is 0 Å².